The van der Waals surface area contributed by atoms with Gasteiger partial charge in [0.15, 0.2) is 5.75 Å². The summed E-state index contributed by atoms with van der Waals surface area (Å²) in [4.78, 5) is 0. The zero-order valence-electron chi connectivity index (χ0n) is 8.75. The summed E-state index contributed by atoms with van der Waals surface area (Å²) in [5, 5.41) is 29.9. The van der Waals surface area contributed by atoms with Crippen LogP contribution in [0, 0.1) is 29.6 Å². The number of nitrogens with zero attached hydrogens (tertiary/aromatic N) is 2. The summed E-state index contributed by atoms with van der Waals surface area (Å²) in [5.41, 5.74) is 0.659. The monoisotopic (exact) mass is 267 g/mol. The van der Waals surface area contributed by atoms with E-state index < -0.39 is 0 Å². The van der Waals surface area contributed by atoms with Crippen molar-refractivity contribution in [2.45, 2.75) is 6.92 Å². The second-order valence-corrected chi connectivity index (χ2v) is 3.90. The molecule has 0 amide bonds. The summed E-state index contributed by atoms with van der Waals surface area (Å²) in [7, 11) is 0. The molecule has 0 heterocycles. The standard InChI is InChI=1S/C11H7Cl2N3O/c1-6-8(12)2-9(11(17)10(6)13)16-5-7(3-14)4-15/h2,5,16-17H,1H3. The van der Waals surface area contributed by atoms with Crippen molar-refractivity contribution < 1.29 is 5.11 Å². The highest BCUT2D eigenvalue weighted by Gasteiger charge is 2.11. The van der Waals surface area contributed by atoms with Crippen molar-refractivity contribution in [2.24, 2.45) is 0 Å². The topological polar surface area (TPSA) is 79.8 Å². The highest BCUT2D eigenvalue weighted by molar-refractivity contribution is 6.37. The van der Waals surface area contributed by atoms with E-state index in [4.69, 9.17) is 33.7 Å². The van der Waals surface area contributed by atoms with Crippen LogP contribution in [0.2, 0.25) is 10.0 Å². The Kier molecular flexibility index (Phi) is 4.23. The molecule has 0 unspecified atom stereocenters. The molecule has 0 radical (unpaired) electrons. The average Bonchev–Trinajstić information content (AvgIpc) is 2.33. The minimum atomic E-state index is -0.181. The number of phenols is 1. The van der Waals surface area contributed by atoms with E-state index in [1.54, 1.807) is 19.1 Å². The lowest BCUT2D eigenvalue weighted by Gasteiger charge is -2.09. The zero-order chi connectivity index (χ0) is 13.0. The number of nitriles is 2. The molecule has 0 fully saturated rings. The first-order valence-corrected chi connectivity index (χ1v) is 5.21. The van der Waals surface area contributed by atoms with Crippen LogP contribution >= 0.6 is 23.2 Å². The summed E-state index contributed by atoms with van der Waals surface area (Å²) in [5.74, 6) is -0.181. The van der Waals surface area contributed by atoms with Crippen LogP contribution in [0.3, 0.4) is 0 Å². The Balaban J connectivity index is 3.15. The third-order valence-corrected chi connectivity index (χ3v) is 2.89. The number of rotatable bonds is 2. The molecule has 0 aliphatic carbocycles. The third kappa shape index (κ3) is 2.82. The van der Waals surface area contributed by atoms with Gasteiger partial charge in [0.05, 0.1) is 10.7 Å². The van der Waals surface area contributed by atoms with Crippen molar-refractivity contribution in [3.63, 3.8) is 0 Å². The Hall–Kier alpha value is -1.88. The van der Waals surface area contributed by atoms with Gasteiger partial charge in [-0.1, -0.05) is 23.2 Å². The van der Waals surface area contributed by atoms with E-state index in [0.29, 0.717) is 10.6 Å². The lowest BCUT2D eigenvalue weighted by Crippen LogP contribution is -1.92. The summed E-state index contributed by atoms with van der Waals surface area (Å²) in [6, 6.07) is 4.80. The van der Waals surface area contributed by atoms with Crippen molar-refractivity contribution >= 4 is 28.9 Å². The Morgan fingerprint density at radius 3 is 2.53 bits per heavy atom. The fourth-order valence-corrected chi connectivity index (χ4v) is 1.51. The number of nitrogens with one attached hydrogen (secondary N) is 1. The lowest BCUT2D eigenvalue weighted by atomic mass is 10.2. The van der Waals surface area contributed by atoms with E-state index in [1.807, 2.05) is 0 Å². The molecule has 17 heavy (non-hydrogen) atoms. The van der Waals surface area contributed by atoms with Crippen molar-refractivity contribution in [1.29, 1.82) is 10.5 Å². The van der Waals surface area contributed by atoms with Crippen LogP contribution in [-0.4, -0.2) is 5.11 Å². The highest BCUT2D eigenvalue weighted by Crippen LogP contribution is 2.38. The molecule has 6 heteroatoms. The predicted octanol–water partition coefficient (Wildman–Crippen LogP) is 3.35. The fourth-order valence-electron chi connectivity index (χ4n) is 1.05. The molecular formula is C11H7Cl2N3O. The van der Waals surface area contributed by atoms with Crippen molar-refractivity contribution in [3.8, 4) is 17.9 Å². The molecule has 0 spiro atoms. The first-order valence-electron chi connectivity index (χ1n) is 4.45. The molecule has 4 nitrogen and oxygen atoms in total. The van der Waals surface area contributed by atoms with E-state index in [2.05, 4.69) is 5.32 Å². The van der Waals surface area contributed by atoms with E-state index in [9.17, 15) is 5.11 Å². The highest BCUT2D eigenvalue weighted by atomic mass is 35.5. The summed E-state index contributed by atoms with van der Waals surface area (Å²) < 4.78 is 0. The van der Waals surface area contributed by atoms with Gasteiger partial charge in [-0.05, 0) is 18.6 Å². The van der Waals surface area contributed by atoms with Gasteiger partial charge < -0.3 is 10.4 Å². The molecule has 0 atom stereocenters. The minimum absolute atomic E-state index is 0.128. The van der Waals surface area contributed by atoms with Crippen molar-refractivity contribution in [1.82, 2.24) is 0 Å². The van der Waals surface area contributed by atoms with E-state index in [1.165, 1.54) is 6.07 Å². The Morgan fingerprint density at radius 1 is 1.41 bits per heavy atom. The van der Waals surface area contributed by atoms with Gasteiger partial charge in [0.25, 0.3) is 0 Å². The quantitative estimate of drug-likeness (QED) is 0.636. The zero-order valence-corrected chi connectivity index (χ0v) is 10.3. The van der Waals surface area contributed by atoms with Crippen LogP contribution < -0.4 is 5.32 Å². The SMILES string of the molecule is Cc1c(Cl)cc(NC=C(C#N)C#N)c(O)c1Cl. The van der Waals surface area contributed by atoms with Gasteiger partial charge in [-0.2, -0.15) is 10.5 Å². The fraction of sp³-hybridized carbons (Fsp3) is 0.0909. The van der Waals surface area contributed by atoms with Crippen LogP contribution in [0.5, 0.6) is 5.75 Å². The maximum Gasteiger partial charge on any atom is 0.158 e. The van der Waals surface area contributed by atoms with Crippen LogP contribution in [0.15, 0.2) is 17.8 Å². The van der Waals surface area contributed by atoms with Gasteiger partial charge in [-0.15, -0.1) is 0 Å². The summed E-state index contributed by atoms with van der Waals surface area (Å²) in [6.07, 6.45) is 1.16. The molecule has 0 aliphatic heterocycles. The van der Waals surface area contributed by atoms with Gasteiger partial charge in [0, 0.05) is 11.2 Å². The van der Waals surface area contributed by atoms with Crippen molar-refractivity contribution in [2.75, 3.05) is 5.32 Å². The van der Waals surface area contributed by atoms with Gasteiger partial charge in [-0.3, -0.25) is 0 Å². The predicted molar refractivity (Wildman–Crippen MR) is 65.8 cm³/mol. The van der Waals surface area contributed by atoms with Crippen molar-refractivity contribution in [3.05, 3.63) is 33.4 Å². The van der Waals surface area contributed by atoms with Crippen LogP contribution in [0.25, 0.3) is 0 Å². The Labute approximate surface area is 108 Å². The maximum absolute atomic E-state index is 9.71. The second kappa shape index (κ2) is 5.45. The van der Waals surface area contributed by atoms with Crippen LogP contribution in [0.1, 0.15) is 5.56 Å². The number of halogens is 2. The molecular weight excluding hydrogens is 261 g/mol. The maximum atomic E-state index is 9.71. The number of hydrogen-bond donors (Lipinski definition) is 2. The number of aromatic hydroxyl groups is 1. The largest absolute Gasteiger partial charge is 0.504 e. The molecule has 2 N–H and O–H groups in total. The third-order valence-electron chi connectivity index (χ3n) is 2.03. The number of phenolic OH excluding ortho intramolecular Hbond substituents is 1. The molecule has 0 saturated heterocycles. The number of benzene rings is 1. The van der Waals surface area contributed by atoms with Gasteiger partial charge in [0.2, 0.25) is 0 Å². The van der Waals surface area contributed by atoms with E-state index in [0.717, 1.165) is 6.20 Å². The normalized spacial score (nSPS) is 9.00. The van der Waals surface area contributed by atoms with E-state index in [-0.39, 0.29) is 22.0 Å². The Morgan fingerprint density at radius 2 is 2.00 bits per heavy atom. The van der Waals surface area contributed by atoms with Crippen LogP contribution in [-0.2, 0) is 0 Å². The minimum Gasteiger partial charge on any atom is -0.504 e. The molecule has 0 bridgehead atoms. The van der Waals surface area contributed by atoms with Gasteiger partial charge in [-0.25, -0.2) is 0 Å². The second-order valence-electron chi connectivity index (χ2n) is 3.12. The lowest BCUT2D eigenvalue weighted by molar-refractivity contribution is 0.477. The van der Waals surface area contributed by atoms with E-state index >= 15 is 0 Å². The molecule has 0 aromatic heterocycles. The van der Waals surface area contributed by atoms with Crippen LogP contribution in [0.4, 0.5) is 5.69 Å². The average molecular weight is 268 g/mol. The van der Waals surface area contributed by atoms with Gasteiger partial charge in [0.1, 0.15) is 17.7 Å². The number of anilines is 1. The molecule has 0 saturated carbocycles. The van der Waals surface area contributed by atoms with Gasteiger partial charge >= 0.3 is 0 Å². The first-order chi connectivity index (χ1) is 8.01. The molecule has 1 aromatic rings. The Bertz CT molecular complexity index is 552. The number of hydrogen-bond acceptors (Lipinski definition) is 4. The first kappa shape index (κ1) is 13.2. The smallest absolute Gasteiger partial charge is 0.158 e. The molecule has 86 valence electrons. The number of allylic oxidation sites excluding steroid dienone is 1. The summed E-state index contributed by atoms with van der Waals surface area (Å²) >= 11 is 11.7. The molecule has 1 rings (SSSR count). The molecule has 0 aliphatic rings. The summed E-state index contributed by atoms with van der Waals surface area (Å²) in [6.45, 7) is 1.67. The molecule has 1 aromatic carbocycles.